The fourth-order valence-corrected chi connectivity index (χ4v) is 2.09. The molecular weight excluding hydrogens is 278 g/mol. The third kappa shape index (κ3) is 2.97. The number of carbonyl (C=O) groups is 2. The number of hydrogen-bond donors (Lipinski definition) is 2. The number of carboxylic acids is 1. The Morgan fingerprint density at radius 1 is 1.10 bits per heavy atom. The van der Waals surface area contributed by atoms with Gasteiger partial charge < -0.3 is 10.4 Å². The minimum Gasteiger partial charge on any atom is -0.478 e. The molecular formula is C15H12ClNO3. The predicted molar refractivity (Wildman–Crippen MR) is 77.5 cm³/mol. The quantitative estimate of drug-likeness (QED) is 0.907. The van der Waals surface area contributed by atoms with Crippen LogP contribution in [0.1, 0.15) is 26.3 Å². The van der Waals surface area contributed by atoms with Gasteiger partial charge in [-0.15, -0.1) is 0 Å². The van der Waals surface area contributed by atoms with Crippen LogP contribution in [0.25, 0.3) is 0 Å². The number of carbonyl (C=O) groups excluding carboxylic acids is 1. The van der Waals surface area contributed by atoms with Gasteiger partial charge in [0.1, 0.15) is 0 Å². The van der Waals surface area contributed by atoms with Crippen molar-refractivity contribution in [2.45, 2.75) is 6.92 Å². The van der Waals surface area contributed by atoms with Crippen molar-refractivity contribution in [3.05, 3.63) is 64.2 Å². The van der Waals surface area contributed by atoms with Gasteiger partial charge in [0.15, 0.2) is 0 Å². The Bertz CT molecular complexity index is 683. The minimum absolute atomic E-state index is 0.0316. The van der Waals surface area contributed by atoms with Gasteiger partial charge in [-0.3, -0.25) is 4.79 Å². The van der Waals surface area contributed by atoms with E-state index in [2.05, 4.69) is 5.32 Å². The lowest BCUT2D eigenvalue weighted by atomic mass is 10.1. The number of rotatable bonds is 3. The van der Waals surface area contributed by atoms with Gasteiger partial charge in [0, 0.05) is 0 Å². The summed E-state index contributed by atoms with van der Waals surface area (Å²) in [5.41, 5.74) is 1.51. The van der Waals surface area contributed by atoms with Crippen molar-refractivity contribution in [2.75, 3.05) is 5.32 Å². The van der Waals surface area contributed by atoms with Crippen LogP contribution in [0.2, 0.25) is 5.02 Å². The molecule has 0 fully saturated rings. The van der Waals surface area contributed by atoms with Crippen LogP contribution in [0.5, 0.6) is 0 Å². The van der Waals surface area contributed by atoms with Crippen LogP contribution in [0.15, 0.2) is 42.5 Å². The summed E-state index contributed by atoms with van der Waals surface area (Å²) in [7, 11) is 0. The van der Waals surface area contributed by atoms with Crippen molar-refractivity contribution in [2.24, 2.45) is 0 Å². The summed E-state index contributed by atoms with van der Waals surface area (Å²) in [6.07, 6.45) is 0. The summed E-state index contributed by atoms with van der Waals surface area (Å²) < 4.78 is 0. The van der Waals surface area contributed by atoms with Gasteiger partial charge in [0.2, 0.25) is 0 Å². The number of carboxylic acid groups (broad SMARTS) is 1. The third-order valence-corrected chi connectivity index (χ3v) is 3.09. The number of hydrogen-bond acceptors (Lipinski definition) is 2. The second-order valence-electron chi connectivity index (χ2n) is 4.29. The highest BCUT2D eigenvalue weighted by molar-refractivity contribution is 6.34. The van der Waals surface area contributed by atoms with Crippen molar-refractivity contribution in [1.29, 1.82) is 0 Å². The summed E-state index contributed by atoms with van der Waals surface area (Å²) in [6.45, 7) is 1.87. The van der Waals surface area contributed by atoms with E-state index in [-0.39, 0.29) is 11.3 Å². The molecule has 0 saturated heterocycles. The molecule has 2 rings (SSSR count). The van der Waals surface area contributed by atoms with E-state index in [9.17, 15) is 9.59 Å². The fourth-order valence-electron chi connectivity index (χ4n) is 1.77. The number of amides is 1. The van der Waals surface area contributed by atoms with Crippen molar-refractivity contribution < 1.29 is 14.7 Å². The molecule has 102 valence electrons. The van der Waals surface area contributed by atoms with E-state index in [1.165, 1.54) is 12.1 Å². The lowest BCUT2D eigenvalue weighted by Gasteiger charge is -2.09. The SMILES string of the molecule is Cc1ccc(C(=O)Nc2ccccc2C(=O)O)c(Cl)c1. The molecule has 0 radical (unpaired) electrons. The van der Waals surface area contributed by atoms with Crippen LogP contribution in [0, 0.1) is 6.92 Å². The Hall–Kier alpha value is -2.33. The standard InChI is InChI=1S/C15H12ClNO3/c1-9-6-7-10(12(16)8-9)14(18)17-13-5-3-2-4-11(13)15(19)20/h2-8H,1H3,(H,17,18)(H,19,20). The van der Waals surface area contributed by atoms with Gasteiger partial charge >= 0.3 is 5.97 Å². The van der Waals surface area contributed by atoms with Crippen molar-refractivity contribution >= 4 is 29.2 Å². The molecule has 0 atom stereocenters. The molecule has 0 aliphatic carbocycles. The number of halogens is 1. The molecule has 0 aliphatic heterocycles. The lowest BCUT2D eigenvalue weighted by Crippen LogP contribution is -2.15. The van der Waals surface area contributed by atoms with E-state index >= 15 is 0 Å². The summed E-state index contributed by atoms with van der Waals surface area (Å²) in [6, 6.07) is 11.3. The zero-order valence-electron chi connectivity index (χ0n) is 10.7. The number of para-hydroxylation sites is 1. The highest BCUT2D eigenvalue weighted by atomic mass is 35.5. The highest BCUT2D eigenvalue weighted by Crippen LogP contribution is 2.21. The number of anilines is 1. The number of benzene rings is 2. The summed E-state index contributed by atoms with van der Waals surface area (Å²) >= 11 is 6.02. The molecule has 0 heterocycles. The van der Waals surface area contributed by atoms with Gasteiger partial charge in [-0.1, -0.05) is 29.8 Å². The predicted octanol–water partition coefficient (Wildman–Crippen LogP) is 3.60. The summed E-state index contributed by atoms with van der Waals surface area (Å²) in [5, 5.41) is 12.0. The van der Waals surface area contributed by atoms with Gasteiger partial charge in [0.25, 0.3) is 5.91 Å². The normalized spacial score (nSPS) is 10.1. The Kier molecular flexibility index (Phi) is 4.05. The first kappa shape index (κ1) is 14.1. The maximum absolute atomic E-state index is 12.1. The Morgan fingerprint density at radius 2 is 1.80 bits per heavy atom. The fraction of sp³-hybridized carbons (Fsp3) is 0.0667. The molecule has 5 heteroatoms. The average molecular weight is 290 g/mol. The van der Waals surface area contributed by atoms with E-state index in [1.54, 1.807) is 30.3 Å². The molecule has 0 spiro atoms. The molecule has 1 amide bonds. The van der Waals surface area contributed by atoms with Crippen molar-refractivity contribution in [1.82, 2.24) is 0 Å². The zero-order chi connectivity index (χ0) is 14.7. The maximum atomic E-state index is 12.1. The number of aryl methyl sites for hydroxylation is 1. The smallest absolute Gasteiger partial charge is 0.337 e. The Labute approximate surface area is 121 Å². The van der Waals surface area contributed by atoms with Crippen LogP contribution in [0.4, 0.5) is 5.69 Å². The van der Waals surface area contributed by atoms with Gasteiger partial charge in [-0.05, 0) is 36.8 Å². The molecule has 2 N–H and O–H groups in total. The summed E-state index contributed by atoms with van der Waals surface area (Å²) in [4.78, 5) is 23.2. The topological polar surface area (TPSA) is 66.4 Å². The average Bonchev–Trinajstić information content (AvgIpc) is 2.38. The van der Waals surface area contributed by atoms with Crippen LogP contribution < -0.4 is 5.32 Å². The molecule has 0 bridgehead atoms. The second-order valence-corrected chi connectivity index (χ2v) is 4.70. The van der Waals surface area contributed by atoms with E-state index in [4.69, 9.17) is 16.7 Å². The van der Waals surface area contributed by atoms with E-state index < -0.39 is 11.9 Å². The Morgan fingerprint density at radius 3 is 2.45 bits per heavy atom. The first-order valence-electron chi connectivity index (χ1n) is 5.89. The van der Waals surface area contributed by atoms with Gasteiger partial charge in [0.05, 0.1) is 21.8 Å². The minimum atomic E-state index is -1.10. The molecule has 2 aromatic rings. The summed E-state index contributed by atoms with van der Waals surface area (Å²) in [5.74, 6) is -1.54. The monoisotopic (exact) mass is 289 g/mol. The van der Waals surface area contributed by atoms with Crippen LogP contribution in [-0.2, 0) is 0 Å². The maximum Gasteiger partial charge on any atom is 0.337 e. The molecule has 20 heavy (non-hydrogen) atoms. The largest absolute Gasteiger partial charge is 0.478 e. The molecule has 0 unspecified atom stereocenters. The highest BCUT2D eigenvalue weighted by Gasteiger charge is 2.14. The first-order chi connectivity index (χ1) is 9.49. The van der Waals surface area contributed by atoms with Crippen LogP contribution in [-0.4, -0.2) is 17.0 Å². The number of aromatic carboxylic acids is 1. The lowest BCUT2D eigenvalue weighted by molar-refractivity contribution is 0.0698. The van der Waals surface area contributed by atoms with E-state index in [0.717, 1.165) is 5.56 Å². The molecule has 0 aromatic heterocycles. The van der Waals surface area contributed by atoms with E-state index in [1.807, 2.05) is 6.92 Å². The molecule has 0 aliphatic rings. The van der Waals surface area contributed by atoms with Gasteiger partial charge in [-0.2, -0.15) is 0 Å². The molecule has 0 saturated carbocycles. The molecule has 4 nitrogen and oxygen atoms in total. The van der Waals surface area contributed by atoms with Crippen LogP contribution >= 0.6 is 11.6 Å². The van der Waals surface area contributed by atoms with Crippen molar-refractivity contribution in [3.63, 3.8) is 0 Å². The van der Waals surface area contributed by atoms with Crippen LogP contribution in [0.3, 0.4) is 0 Å². The van der Waals surface area contributed by atoms with E-state index in [0.29, 0.717) is 10.6 Å². The number of nitrogens with one attached hydrogen (secondary N) is 1. The van der Waals surface area contributed by atoms with Crippen molar-refractivity contribution in [3.8, 4) is 0 Å². The zero-order valence-corrected chi connectivity index (χ0v) is 11.4. The Balaban J connectivity index is 2.30. The second kappa shape index (κ2) is 5.75. The molecule has 2 aromatic carbocycles. The van der Waals surface area contributed by atoms with Gasteiger partial charge in [-0.25, -0.2) is 4.79 Å². The first-order valence-corrected chi connectivity index (χ1v) is 6.26. The third-order valence-electron chi connectivity index (χ3n) is 2.77.